The van der Waals surface area contributed by atoms with Crippen molar-refractivity contribution in [3.63, 3.8) is 0 Å². The van der Waals surface area contributed by atoms with Crippen LogP contribution in [0.1, 0.15) is 18.5 Å². The van der Waals surface area contributed by atoms with Gasteiger partial charge in [0.2, 0.25) is 5.95 Å². The fraction of sp³-hybridized carbons (Fsp3) is 0.500. The second kappa shape index (κ2) is 7.19. The maximum absolute atomic E-state index is 13.6. The molecule has 3 aromatic rings. The summed E-state index contributed by atoms with van der Waals surface area (Å²) in [6, 6.07) is 4.34. The highest BCUT2D eigenvalue weighted by Crippen LogP contribution is 2.40. The Labute approximate surface area is 190 Å². The molecule has 2 saturated heterocycles. The molecule has 0 spiro atoms. The third-order valence-electron chi connectivity index (χ3n) is 6.95. The Morgan fingerprint density at radius 2 is 1.94 bits per heavy atom. The molecule has 0 amide bonds. The van der Waals surface area contributed by atoms with Crippen molar-refractivity contribution in [1.29, 1.82) is 0 Å². The summed E-state index contributed by atoms with van der Waals surface area (Å²) in [5.74, 6) is 0.717. The smallest absolute Gasteiger partial charge is 0.278 e. The first kappa shape index (κ1) is 20.0. The van der Waals surface area contributed by atoms with E-state index >= 15 is 0 Å². The molecule has 5 heterocycles. The lowest BCUT2D eigenvalue weighted by Crippen LogP contribution is -2.61. The summed E-state index contributed by atoms with van der Waals surface area (Å²) < 4.78 is 9.20. The van der Waals surface area contributed by atoms with Crippen LogP contribution in [0.5, 0.6) is 0 Å². The van der Waals surface area contributed by atoms with Gasteiger partial charge >= 0.3 is 0 Å². The molecule has 0 aliphatic carbocycles. The van der Waals surface area contributed by atoms with Crippen LogP contribution in [0, 0.1) is 0 Å². The quantitative estimate of drug-likeness (QED) is 0.628. The lowest BCUT2D eigenvalue weighted by atomic mass is 9.91. The van der Waals surface area contributed by atoms with Gasteiger partial charge in [-0.2, -0.15) is 5.10 Å². The molecule has 0 saturated carbocycles. The number of ether oxygens (including phenoxy) is 1. The van der Waals surface area contributed by atoms with Crippen LogP contribution in [-0.4, -0.2) is 57.2 Å². The highest BCUT2D eigenvalue weighted by atomic mass is 35.5. The topological polar surface area (TPSA) is 94.4 Å². The summed E-state index contributed by atoms with van der Waals surface area (Å²) in [5, 5.41) is 5.90. The van der Waals surface area contributed by atoms with Crippen LogP contribution in [0.15, 0.2) is 23.1 Å². The molecule has 2 N–H and O–H groups in total. The van der Waals surface area contributed by atoms with Crippen molar-refractivity contribution in [2.75, 3.05) is 29.6 Å². The number of aryl methyl sites for hydroxylation is 1. The van der Waals surface area contributed by atoms with E-state index in [1.807, 2.05) is 30.3 Å². The molecule has 2 fully saturated rings. The molecule has 2 bridgehead atoms. The number of hydrogen-bond donors (Lipinski definition) is 1. The van der Waals surface area contributed by atoms with E-state index < -0.39 is 0 Å². The van der Waals surface area contributed by atoms with E-state index in [4.69, 9.17) is 27.1 Å². The standard InChI is InChI=1S/C22H26ClN7O2/c1-27-9-15-16(26-27)3-4-18(19(15)23)29-6-5-17-20(29)21(31)28(2)22(25-17)30-13-7-12(24)8-14(30)11-32-10-13/h3-4,9,12-14H,5-8,10-11,24H2,1-2H3. The van der Waals surface area contributed by atoms with E-state index in [1.165, 1.54) is 0 Å². The van der Waals surface area contributed by atoms with E-state index in [2.05, 4.69) is 10.00 Å². The van der Waals surface area contributed by atoms with Crippen molar-refractivity contribution in [1.82, 2.24) is 19.3 Å². The first-order valence-corrected chi connectivity index (χ1v) is 11.4. The minimum absolute atomic E-state index is 0.0567. The summed E-state index contributed by atoms with van der Waals surface area (Å²) in [7, 11) is 3.68. The van der Waals surface area contributed by atoms with Crippen LogP contribution in [0.3, 0.4) is 0 Å². The molecule has 3 aliphatic heterocycles. The third-order valence-corrected chi connectivity index (χ3v) is 7.35. The molecule has 9 nitrogen and oxygen atoms in total. The first-order chi connectivity index (χ1) is 15.4. The van der Waals surface area contributed by atoms with Crippen molar-refractivity contribution < 1.29 is 4.74 Å². The van der Waals surface area contributed by atoms with Gasteiger partial charge in [0, 0.05) is 44.7 Å². The van der Waals surface area contributed by atoms with Gasteiger partial charge in [-0.1, -0.05) is 11.6 Å². The molecule has 32 heavy (non-hydrogen) atoms. The van der Waals surface area contributed by atoms with Gasteiger partial charge < -0.3 is 20.3 Å². The molecule has 1 aromatic carbocycles. The van der Waals surface area contributed by atoms with E-state index in [0.29, 0.717) is 36.9 Å². The number of fused-ring (bicyclic) bond motifs is 4. The fourth-order valence-corrected chi connectivity index (χ4v) is 5.84. The van der Waals surface area contributed by atoms with Gasteiger partial charge in [-0.25, -0.2) is 4.98 Å². The zero-order chi connectivity index (χ0) is 22.1. The predicted octanol–water partition coefficient (Wildman–Crippen LogP) is 1.71. The van der Waals surface area contributed by atoms with Gasteiger partial charge in [0.25, 0.3) is 5.56 Å². The number of rotatable bonds is 2. The number of piperidine rings is 1. The Morgan fingerprint density at radius 3 is 2.69 bits per heavy atom. The number of morpholine rings is 1. The zero-order valence-electron chi connectivity index (χ0n) is 18.2. The number of anilines is 3. The van der Waals surface area contributed by atoms with Crippen LogP contribution >= 0.6 is 11.6 Å². The maximum Gasteiger partial charge on any atom is 0.278 e. The van der Waals surface area contributed by atoms with Crippen LogP contribution in [0.4, 0.5) is 17.3 Å². The lowest BCUT2D eigenvalue weighted by Gasteiger charge is -2.48. The third kappa shape index (κ3) is 2.88. The van der Waals surface area contributed by atoms with Crippen molar-refractivity contribution >= 4 is 39.8 Å². The summed E-state index contributed by atoms with van der Waals surface area (Å²) in [6.45, 7) is 1.89. The predicted molar refractivity (Wildman–Crippen MR) is 124 cm³/mol. The van der Waals surface area contributed by atoms with Gasteiger partial charge in [0.1, 0.15) is 5.69 Å². The van der Waals surface area contributed by atoms with Crippen molar-refractivity contribution in [2.45, 2.75) is 37.4 Å². The van der Waals surface area contributed by atoms with Crippen LogP contribution < -0.4 is 21.1 Å². The number of benzene rings is 1. The molecule has 3 aliphatic rings. The van der Waals surface area contributed by atoms with E-state index in [1.54, 1.807) is 16.3 Å². The summed E-state index contributed by atoms with van der Waals surface area (Å²) in [6.07, 6.45) is 4.28. The number of halogens is 1. The SMILES string of the molecule is Cn1cc2c(Cl)c(N3CCc4nc(N5C6COCC5CC(N)C6)n(C)c(=O)c43)ccc2n1. The Kier molecular flexibility index (Phi) is 4.50. The van der Waals surface area contributed by atoms with Gasteiger partial charge in [0.15, 0.2) is 0 Å². The monoisotopic (exact) mass is 455 g/mol. The molecular formula is C22H26ClN7O2. The second-order valence-electron chi connectivity index (χ2n) is 9.09. The number of nitrogens with zero attached hydrogens (tertiary/aromatic N) is 6. The number of nitrogens with two attached hydrogens (primary N) is 1. The van der Waals surface area contributed by atoms with E-state index in [0.717, 1.165) is 41.1 Å². The van der Waals surface area contributed by atoms with Gasteiger partial charge in [-0.05, 0) is 25.0 Å². The van der Waals surface area contributed by atoms with E-state index in [9.17, 15) is 4.79 Å². The lowest BCUT2D eigenvalue weighted by molar-refractivity contribution is 0.0399. The van der Waals surface area contributed by atoms with Crippen LogP contribution in [0.2, 0.25) is 5.02 Å². The molecule has 10 heteroatoms. The van der Waals surface area contributed by atoms with Crippen molar-refractivity contribution in [2.24, 2.45) is 19.8 Å². The summed E-state index contributed by atoms with van der Waals surface area (Å²) >= 11 is 6.77. The Bertz CT molecular complexity index is 1270. The molecule has 2 unspecified atom stereocenters. The minimum atomic E-state index is -0.0567. The summed E-state index contributed by atoms with van der Waals surface area (Å²) in [5.41, 5.74) is 9.28. The Balaban J connectivity index is 1.44. The van der Waals surface area contributed by atoms with Gasteiger partial charge in [0.05, 0.1) is 47.2 Å². The number of hydrogen-bond acceptors (Lipinski definition) is 7. The Morgan fingerprint density at radius 1 is 1.19 bits per heavy atom. The van der Waals surface area contributed by atoms with Crippen molar-refractivity contribution in [3.8, 4) is 0 Å². The average Bonchev–Trinajstić information content (AvgIpc) is 3.34. The first-order valence-electron chi connectivity index (χ1n) is 11.0. The Hall–Kier alpha value is -2.62. The maximum atomic E-state index is 13.6. The highest BCUT2D eigenvalue weighted by molar-refractivity contribution is 6.38. The molecule has 2 atom stereocenters. The van der Waals surface area contributed by atoms with Gasteiger partial charge in [-0.3, -0.25) is 14.0 Å². The van der Waals surface area contributed by atoms with Crippen LogP contribution in [-0.2, 0) is 25.3 Å². The molecular weight excluding hydrogens is 430 g/mol. The molecule has 0 radical (unpaired) electrons. The molecule has 6 rings (SSSR count). The average molecular weight is 456 g/mol. The number of aromatic nitrogens is 4. The summed E-state index contributed by atoms with van der Waals surface area (Å²) in [4.78, 5) is 22.9. The highest BCUT2D eigenvalue weighted by Gasteiger charge is 2.41. The normalized spacial score (nSPS) is 24.9. The second-order valence-corrected chi connectivity index (χ2v) is 9.47. The molecule has 168 valence electrons. The van der Waals surface area contributed by atoms with E-state index in [-0.39, 0.29) is 23.7 Å². The van der Waals surface area contributed by atoms with Crippen LogP contribution in [0.25, 0.3) is 10.9 Å². The largest absolute Gasteiger partial charge is 0.377 e. The zero-order valence-corrected chi connectivity index (χ0v) is 18.9. The minimum Gasteiger partial charge on any atom is -0.377 e. The van der Waals surface area contributed by atoms with Crippen molar-refractivity contribution in [3.05, 3.63) is 39.4 Å². The fourth-order valence-electron chi connectivity index (χ4n) is 5.53. The molecule has 2 aromatic heterocycles. The van der Waals surface area contributed by atoms with Gasteiger partial charge in [-0.15, -0.1) is 0 Å².